The van der Waals surface area contributed by atoms with E-state index in [1.165, 1.54) is 12.4 Å². The van der Waals surface area contributed by atoms with Gasteiger partial charge in [-0.3, -0.25) is 0 Å². The first-order valence-electron chi connectivity index (χ1n) is 3.91. The van der Waals surface area contributed by atoms with Gasteiger partial charge in [0.2, 0.25) is 0 Å². The third-order valence-corrected chi connectivity index (χ3v) is 1.44. The summed E-state index contributed by atoms with van der Waals surface area (Å²) in [6, 6.07) is 0. The second kappa shape index (κ2) is 4.24. The molecule has 0 aliphatic heterocycles. The van der Waals surface area contributed by atoms with Gasteiger partial charge < -0.3 is 4.74 Å². The van der Waals surface area contributed by atoms with Crippen LogP contribution in [0.5, 0.6) is 0 Å². The summed E-state index contributed by atoms with van der Waals surface area (Å²) in [5, 5.41) is 0. The molecule has 0 fully saturated rings. The Morgan fingerprint density at radius 1 is 1.40 bits per heavy atom. The normalized spacial score (nSPS) is 11.2. The van der Waals surface area contributed by atoms with Gasteiger partial charge in [0.25, 0.3) is 0 Å². The van der Waals surface area contributed by atoms with Crippen molar-refractivity contribution in [2.45, 2.75) is 19.7 Å². The predicted molar refractivity (Wildman–Crippen MR) is 42.6 cm³/mol. The minimum atomic E-state index is -4.97. The van der Waals surface area contributed by atoms with Crippen LogP contribution in [0, 0.1) is 6.92 Å². The Morgan fingerprint density at radius 2 is 1.93 bits per heavy atom. The first kappa shape index (κ1) is 11.4. The van der Waals surface area contributed by atoms with Crippen LogP contribution < -0.4 is 0 Å². The highest BCUT2D eigenvalue weighted by Gasteiger charge is 2.40. The lowest BCUT2D eigenvalue weighted by molar-refractivity contribution is -0.201. The number of hydrogen-bond donors (Lipinski definition) is 0. The average Bonchev–Trinajstić information content (AvgIpc) is 2.15. The third-order valence-electron chi connectivity index (χ3n) is 1.44. The van der Waals surface area contributed by atoms with E-state index in [0.29, 0.717) is 11.4 Å². The van der Waals surface area contributed by atoms with Gasteiger partial charge >= 0.3 is 12.1 Å². The Hall–Kier alpha value is -1.66. The molecule has 1 aromatic rings. The molecule has 0 aliphatic carbocycles. The summed E-state index contributed by atoms with van der Waals surface area (Å²) in [6.45, 7) is 1.14. The van der Waals surface area contributed by atoms with Crippen molar-refractivity contribution in [1.82, 2.24) is 9.97 Å². The molecule has 1 rings (SSSR count). The lowest BCUT2D eigenvalue weighted by Crippen LogP contribution is -2.25. The summed E-state index contributed by atoms with van der Waals surface area (Å²) in [7, 11) is 0. The molecule has 0 spiro atoms. The van der Waals surface area contributed by atoms with Gasteiger partial charge in [-0.05, 0) is 6.92 Å². The molecular formula is C8H7F3N2O2. The number of aromatic nitrogens is 2. The van der Waals surface area contributed by atoms with Gasteiger partial charge in [-0.1, -0.05) is 0 Å². The van der Waals surface area contributed by atoms with E-state index in [9.17, 15) is 18.0 Å². The highest BCUT2D eigenvalue weighted by molar-refractivity contribution is 5.75. The monoisotopic (exact) mass is 220 g/mol. The summed E-state index contributed by atoms with van der Waals surface area (Å²) >= 11 is 0. The molecule has 0 aliphatic rings. The van der Waals surface area contributed by atoms with Crippen LogP contribution in [0.2, 0.25) is 0 Å². The largest absolute Gasteiger partial charge is 0.490 e. The molecule has 7 heteroatoms. The van der Waals surface area contributed by atoms with Gasteiger partial charge in [0.05, 0.1) is 0 Å². The molecular weight excluding hydrogens is 213 g/mol. The van der Waals surface area contributed by atoms with Crippen LogP contribution in [0.15, 0.2) is 12.4 Å². The molecule has 82 valence electrons. The zero-order valence-corrected chi connectivity index (χ0v) is 7.71. The second-order valence-corrected chi connectivity index (χ2v) is 2.71. The van der Waals surface area contributed by atoms with E-state index in [0.717, 1.165) is 0 Å². The molecule has 0 aromatic carbocycles. The molecule has 1 heterocycles. The fraction of sp³-hybridized carbons (Fsp3) is 0.375. The molecule has 0 saturated carbocycles. The van der Waals surface area contributed by atoms with Gasteiger partial charge in [0.15, 0.2) is 0 Å². The fourth-order valence-corrected chi connectivity index (χ4v) is 0.725. The molecule has 0 saturated heterocycles. The zero-order valence-electron chi connectivity index (χ0n) is 7.71. The zero-order chi connectivity index (χ0) is 11.5. The van der Waals surface area contributed by atoms with Gasteiger partial charge in [-0.2, -0.15) is 13.2 Å². The molecule has 4 nitrogen and oxygen atoms in total. The number of alkyl halides is 3. The highest BCUT2D eigenvalue weighted by Crippen LogP contribution is 2.17. The van der Waals surface area contributed by atoms with E-state index in [-0.39, 0.29) is 0 Å². The molecule has 0 N–H and O–H groups in total. The quantitative estimate of drug-likeness (QED) is 0.706. The summed E-state index contributed by atoms with van der Waals surface area (Å²) in [5.74, 6) is -1.73. The third kappa shape index (κ3) is 3.53. The van der Waals surface area contributed by atoms with Crippen molar-refractivity contribution in [3.8, 4) is 0 Å². The van der Waals surface area contributed by atoms with Crippen LogP contribution in [0.1, 0.15) is 11.4 Å². The van der Waals surface area contributed by atoms with Crippen LogP contribution in [-0.4, -0.2) is 22.1 Å². The van der Waals surface area contributed by atoms with Gasteiger partial charge in [-0.25, -0.2) is 14.8 Å². The Bertz CT molecular complexity index is 348. The highest BCUT2D eigenvalue weighted by atomic mass is 19.4. The van der Waals surface area contributed by atoms with E-state index >= 15 is 0 Å². The Morgan fingerprint density at radius 3 is 2.40 bits per heavy atom. The Kier molecular flexibility index (Phi) is 3.23. The smallest absolute Gasteiger partial charge is 0.454 e. The van der Waals surface area contributed by atoms with Crippen LogP contribution in [-0.2, 0) is 16.1 Å². The van der Waals surface area contributed by atoms with E-state index in [4.69, 9.17) is 0 Å². The van der Waals surface area contributed by atoms with E-state index in [2.05, 4.69) is 14.7 Å². The number of ether oxygens (including phenoxy) is 1. The predicted octanol–water partition coefficient (Wildman–Crippen LogP) is 1.39. The lowest BCUT2D eigenvalue weighted by atomic mass is 10.4. The van der Waals surface area contributed by atoms with Crippen molar-refractivity contribution in [3.05, 3.63) is 23.8 Å². The first-order valence-corrected chi connectivity index (χ1v) is 3.91. The maximum Gasteiger partial charge on any atom is 0.490 e. The summed E-state index contributed by atoms with van der Waals surface area (Å²) in [6.07, 6.45) is -2.37. The molecule has 0 radical (unpaired) electrons. The topological polar surface area (TPSA) is 52.1 Å². The number of carbonyl (C=O) groups is 1. The SMILES string of the molecule is Cc1ncc(COC(=O)C(F)(F)F)cn1. The maximum atomic E-state index is 11.7. The summed E-state index contributed by atoms with van der Waals surface area (Å²) in [5.41, 5.74) is 0.304. The fourth-order valence-electron chi connectivity index (χ4n) is 0.725. The number of rotatable bonds is 2. The van der Waals surface area contributed by atoms with Crippen LogP contribution in [0.4, 0.5) is 13.2 Å². The minimum Gasteiger partial charge on any atom is -0.454 e. The standard InChI is InChI=1S/C8H7F3N2O2/c1-5-12-2-6(3-13-5)4-15-7(14)8(9,10)11/h2-3H,4H2,1H3. The summed E-state index contributed by atoms with van der Waals surface area (Å²) < 4.78 is 39.1. The minimum absolute atomic E-state index is 0.304. The number of esters is 1. The van der Waals surface area contributed by atoms with Crippen molar-refractivity contribution in [2.75, 3.05) is 0 Å². The maximum absolute atomic E-state index is 11.7. The number of hydrogen-bond acceptors (Lipinski definition) is 4. The molecule has 0 unspecified atom stereocenters. The molecule has 1 aromatic heterocycles. The van der Waals surface area contributed by atoms with Gasteiger partial charge in [0, 0.05) is 18.0 Å². The lowest BCUT2D eigenvalue weighted by Gasteiger charge is -2.06. The van der Waals surface area contributed by atoms with Crippen molar-refractivity contribution in [3.63, 3.8) is 0 Å². The number of carbonyl (C=O) groups excluding carboxylic acids is 1. The number of nitrogens with zero attached hydrogens (tertiary/aromatic N) is 2. The Labute approximate surface area is 83.1 Å². The van der Waals surface area contributed by atoms with Crippen LogP contribution >= 0.6 is 0 Å². The molecule has 0 amide bonds. The van der Waals surface area contributed by atoms with E-state index < -0.39 is 18.8 Å². The number of halogens is 3. The van der Waals surface area contributed by atoms with E-state index in [1.54, 1.807) is 6.92 Å². The van der Waals surface area contributed by atoms with Gasteiger partial charge in [0.1, 0.15) is 12.4 Å². The molecule has 0 atom stereocenters. The van der Waals surface area contributed by atoms with Crippen molar-refractivity contribution >= 4 is 5.97 Å². The number of aryl methyl sites for hydroxylation is 1. The van der Waals surface area contributed by atoms with Crippen molar-refractivity contribution < 1.29 is 22.7 Å². The molecule has 15 heavy (non-hydrogen) atoms. The average molecular weight is 220 g/mol. The second-order valence-electron chi connectivity index (χ2n) is 2.71. The van der Waals surface area contributed by atoms with Gasteiger partial charge in [-0.15, -0.1) is 0 Å². The molecule has 0 bridgehead atoms. The van der Waals surface area contributed by atoms with Crippen molar-refractivity contribution in [1.29, 1.82) is 0 Å². The first-order chi connectivity index (χ1) is 6.89. The van der Waals surface area contributed by atoms with E-state index in [1.807, 2.05) is 0 Å². The summed E-state index contributed by atoms with van der Waals surface area (Å²) in [4.78, 5) is 17.8. The van der Waals surface area contributed by atoms with Crippen LogP contribution in [0.3, 0.4) is 0 Å². The Balaban J connectivity index is 2.51. The van der Waals surface area contributed by atoms with Crippen molar-refractivity contribution in [2.24, 2.45) is 0 Å². The van der Waals surface area contributed by atoms with Crippen LogP contribution in [0.25, 0.3) is 0 Å².